The highest BCUT2D eigenvalue weighted by atomic mass is 16.6. The van der Waals surface area contributed by atoms with Gasteiger partial charge in [0.1, 0.15) is 11.4 Å². The van der Waals surface area contributed by atoms with Gasteiger partial charge in [0.05, 0.1) is 19.6 Å². The Morgan fingerprint density at radius 3 is 2.55 bits per heavy atom. The van der Waals surface area contributed by atoms with E-state index in [1.165, 1.54) is 7.11 Å². The number of hydrogen-bond acceptors (Lipinski definition) is 5. The zero-order valence-corrected chi connectivity index (χ0v) is 12.3. The molecule has 1 aliphatic carbocycles. The number of esters is 1. The lowest BCUT2D eigenvalue weighted by molar-refractivity contribution is -0.142. The van der Waals surface area contributed by atoms with Gasteiger partial charge in [-0.3, -0.25) is 9.59 Å². The van der Waals surface area contributed by atoms with Gasteiger partial charge >= 0.3 is 12.1 Å². The number of carbonyl (C=O) groups is 3. The molecule has 1 saturated carbocycles. The molecule has 1 saturated heterocycles. The Morgan fingerprint density at radius 1 is 1.35 bits per heavy atom. The highest BCUT2D eigenvalue weighted by Gasteiger charge is 2.54. The van der Waals surface area contributed by atoms with Crippen molar-refractivity contribution >= 4 is 17.8 Å². The SMILES string of the molecule is COC(=O)CC1C2CC(CC2=O)N1C(=O)OC(C)(C)C. The molecule has 2 rings (SSSR count). The van der Waals surface area contributed by atoms with E-state index in [-0.39, 0.29) is 24.2 Å². The van der Waals surface area contributed by atoms with E-state index >= 15 is 0 Å². The van der Waals surface area contributed by atoms with E-state index in [2.05, 4.69) is 4.74 Å². The van der Waals surface area contributed by atoms with Crippen molar-refractivity contribution < 1.29 is 23.9 Å². The average molecular weight is 283 g/mol. The second-order valence-corrected chi connectivity index (χ2v) is 6.40. The molecule has 1 aliphatic heterocycles. The summed E-state index contributed by atoms with van der Waals surface area (Å²) < 4.78 is 10.0. The predicted octanol–water partition coefficient (Wildman–Crippen LogP) is 1.52. The fourth-order valence-corrected chi connectivity index (χ4v) is 3.03. The van der Waals surface area contributed by atoms with E-state index < -0.39 is 23.7 Å². The molecule has 0 radical (unpaired) electrons. The third-order valence-electron chi connectivity index (χ3n) is 3.80. The van der Waals surface area contributed by atoms with Crippen LogP contribution in [-0.4, -0.2) is 47.5 Å². The molecule has 1 amide bonds. The molecular formula is C14H21NO5. The molecule has 2 fully saturated rings. The van der Waals surface area contributed by atoms with E-state index in [9.17, 15) is 14.4 Å². The van der Waals surface area contributed by atoms with Gasteiger partial charge in [-0.15, -0.1) is 0 Å². The summed E-state index contributed by atoms with van der Waals surface area (Å²) in [6.45, 7) is 5.37. The van der Waals surface area contributed by atoms with E-state index in [0.29, 0.717) is 12.8 Å². The summed E-state index contributed by atoms with van der Waals surface area (Å²) in [5.74, 6) is -0.542. The molecular weight excluding hydrogens is 262 g/mol. The van der Waals surface area contributed by atoms with Gasteiger partial charge in [-0.25, -0.2) is 4.79 Å². The Labute approximate surface area is 118 Å². The number of likely N-dealkylation sites (tertiary alicyclic amines) is 1. The molecule has 1 heterocycles. The van der Waals surface area contributed by atoms with Crippen molar-refractivity contribution in [1.29, 1.82) is 0 Å². The zero-order valence-electron chi connectivity index (χ0n) is 12.3. The molecule has 2 bridgehead atoms. The number of rotatable bonds is 2. The summed E-state index contributed by atoms with van der Waals surface area (Å²) in [4.78, 5) is 37.2. The smallest absolute Gasteiger partial charge is 0.410 e. The standard InChI is InChI=1S/C14H21NO5/c1-14(2,3)20-13(18)15-8-5-9(11(16)6-8)10(15)7-12(17)19-4/h8-10H,5-7H2,1-4H3. The maximum Gasteiger partial charge on any atom is 0.410 e. The van der Waals surface area contributed by atoms with E-state index in [1.807, 2.05) is 0 Å². The highest BCUT2D eigenvalue weighted by Crippen LogP contribution is 2.42. The number of piperidine rings is 1. The Morgan fingerprint density at radius 2 is 2.00 bits per heavy atom. The van der Waals surface area contributed by atoms with Gasteiger partial charge in [0, 0.05) is 18.4 Å². The second kappa shape index (κ2) is 5.07. The second-order valence-electron chi connectivity index (χ2n) is 6.40. The van der Waals surface area contributed by atoms with Gasteiger partial charge < -0.3 is 14.4 Å². The van der Waals surface area contributed by atoms with Crippen LogP contribution in [0.4, 0.5) is 4.79 Å². The van der Waals surface area contributed by atoms with Crippen molar-refractivity contribution in [2.75, 3.05) is 7.11 Å². The summed E-state index contributed by atoms with van der Waals surface area (Å²) in [6, 6.07) is -0.569. The molecule has 3 unspecified atom stereocenters. The number of fused-ring (bicyclic) bond motifs is 2. The minimum absolute atomic E-state index is 0.0443. The zero-order chi connectivity index (χ0) is 15.1. The van der Waals surface area contributed by atoms with Crippen molar-refractivity contribution in [1.82, 2.24) is 4.90 Å². The van der Waals surface area contributed by atoms with Gasteiger partial charge in [0.25, 0.3) is 0 Å². The predicted molar refractivity (Wildman–Crippen MR) is 70.0 cm³/mol. The summed E-state index contributed by atoms with van der Waals surface area (Å²) in [5, 5.41) is 0. The molecule has 0 spiro atoms. The monoisotopic (exact) mass is 283 g/mol. The van der Waals surface area contributed by atoms with Crippen molar-refractivity contribution in [3.8, 4) is 0 Å². The number of nitrogens with zero attached hydrogens (tertiary/aromatic N) is 1. The van der Waals surface area contributed by atoms with Gasteiger partial charge in [0.2, 0.25) is 0 Å². The number of methoxy groups -OCH3 is 1. The van der Waals surface area contributed by atoms with Crippen molar-refractivity contribution in [2.45, 2.75) is 57.7 Å². The molecule has 6 nitrogen and oxygen atoms in total. The third kappa shape index (κ3) is 2.78. The lowest BCUT2D eigenvalue weighted by Gasteiger charge is -2.35. The fraction of sp³-hybridized carbons (Fsp3) is 0.786. The largest absolute Gasteiger partial charge is 0.469 e. The lowest BCUT2D eigenvalue weighted by atomic mass is 9.95. The summed E-state index contributed by atoms with van der Waals surface area (Å²) in [6.07, 6.45) is 0.579. The third-order valence-corrected chi connectivity index (χ3v) is 3.80. The minimum atomic E-state index is -0.598. The highest BCUT2D eigenvalue weighted by molar-refractivity contribution is 5.89. The van der Waals surface area contributed by atoms with E-state index in [0.717, 1.165) is 0 Å². The molecule has 6 heteroatoms. The number of Topliss-reactive ketones (excluding diaryl/α,β-unsaturated/α-hetero) is 1. The van der Waals surface area contributed by atoms with Gasteiger partial charge in [-0.1, -0.05) is 0 Å². The number of ether oxygens (including phenoxy) is 2. The summed E-state index contributed by atoms with van der Waals surface area (Å²) in [7, 11) is 1.30. The van der Waals surface area contributed by atoms with Crippen LogP contribution in [-0.2, 0) is 19.1 Å². The first-order valence-corrected chi connectivity index (χ1v) is 6.84. The molecule has 0 aromatic rings. The Kier molecular flexibility index (Phi) is 3.75. The molecule has 0 aromatic carbocycles. The minimum Gasteiger partial charge on any atom is -0.469 e. The lowest BCUT2D eigenvalue weighted by Crippen LogP contribution is -2.50. The first kappa shape index (κ1) is 14.8. The van der Waals surface area contributed by atoms with Crippen LogP contribution in [0, 0.1) is 5.92 Å². The van der Waals surface area contributed by atoms with Crippen LogP contribution in [0.2, 0.25) is 0 Å². The topological polar surface area (TPSA) is 72.9 Å². The fourth-order valence-electron chi connectivity index (χ4n) is 3.03. The van der Waals surface area contributed by atoms with Crippen LogP contribution in [0.25, 0.3) is 0 Å². The normalized spacial score (nSPS) is 28.7. The van der Waals surface area contributed by atoms with Crippen LogP contribution >= 0.6 is 0 Å². The van der Waals surface area contributed by atoms with E-state index in [1.54, 1.807) is 25.7 Å². The van der Waals surface area contributed by atoms with Crippen molar-refractivity contribution in [3.05, 3.63) is 0 Å². The Hall–Kier alpha value is -1.59. The molecule has 2 aliphatic rings. The number of hydrogen-bond donors (Lipinski definition) is 0. The number of amides is 1. The van der Waals surface area contributed by atoms with Gasteiger partial charge in [0.15, 0.2) is 0 Å². The number of ketones is 1. The quantitative estimate of drug-likeness (QED) is 0.718. The molecule has 0 aromatic heterocycles. The molecule has 3 atom stereocenters. The average Bonchev–Trinajstić information content (AvgIpc) is 2.82. The van der Waals surface area contributed by atoms with Crippen LogP contribution in [0.3, 0.4) is 0 Å². The number of carbonyl (C=O) groups excluding carboxylic acids is 3. The van der Waals surface area contributed by atoms with Crippen LogP contribution in [0.1, 0.15) is 40.0 Å². The van der Waals surface area contributed by atoms with Crippen molar-refractivity contribution in [2.24, 2.45) is 5.92 Å². The maximum atomic E-state index is 12.3. The molecule has 112 valence electrons. The Bertz CT molecular complexity index is 439. The first-order valence-electron chi connectivity index (χ1n) is 6.84. The van der Waals surface area contributed by atoms with Crippen LogP contribution in [0.15, 0.2) is 0 Å². The maximum absolute atomic E-state index is 12.3. The Balaban J connectivity index is 2.15. The summed E-state index contributed by atoms with van der Waals surface area (Å²) in [5.41, 5.74) is -0.598. The van der Waals surface area contributed by atoms with E-state index in [4.69, 9.17) is 4.74 Å². The molecule has 0 N–H and O–H groups in total. The van der Waals surface area contributed by atoms with Crippen molar-refractivity contribution in [3.63, 3.8) is 0 Å². The molecule has 20 heavy (non-hydrogen) atoms. The summed E-state index contributed by atoms with van der Waals surface area (Å²) >= 11 is 0. The van der Waals surface area contributed by atoms with Gasteiger partial charge in [-0.2, -0.15) is 0 Å². The van der Waals surface area contributed by atoms with Crippen LogP contribution in [0.5, 0.6) is 0 Å². The van der Waals surface area contributed by atoms with Crippen LogP contribution < -0.4 is 0 Å². The van der Waals surface area contributed by atoms with Gasteiger partial charge in [-0.05, 0) is 27.2 Å². The first-order chi connectivity index (χ1) is 9.23.